The number of hydrogen-bond acceptors (Lipinski definition) is 3. The zero-order valence-corrected chi connectivity index (χ0v) is 17.2. The minimum atomic E-state index is 0.00497. The normalized spacial score (nSPS) is 16.2. The summed E-state index contributed by atoms with van der Waals surface area (Å²) < 4.78 is 0. The molecule has 0 unspecified atom stereocenters. The fraction of sp³-hybridized carbons (Fsp3) is 0.600. The first-order chi connectivity index (χ1) is 13.1. The molecule has 0 spiro atoms. The number of guanidine groups is 1. The van der Waals surface area contributed by atoms with Crippen molar-refractivity contribution in [2.45, 2.75) is 45.1 Å². The van der Waals surface area contributed by atoms with Crippen molar-refractivity contribution in [2.75, 3.05) is 38.5 Å². The highest BCUT2D eigenvalue weighted by molar-refractivity contribution is 6.30. The van der Waals surface area contributed by atoms with Gasteiger partial charge in [0.2, 0.25) is 5.91 Å². The van der Waals surface area contributed by atoms with Crippen molar-refractivity contribution in [3.8, 4) is 0 Å². The highest BCUT2D eigenvalue weighted by Crippen LogP contribution is 2.13. The van der Waals surface area contributed by atoms with Gasteiger partial charge in [0.1, 0.15) is 0 Å². The average Bonchev–Trinajstić information content (AvgIpc) is 2.67. The molecule has 0 aromatic heterocycles. The maximum absolute atomic E-state index is 12.0. The Kier molecular flexibility index (Phi) is 9.42. The fourth-order valence-corrected chi connectivity index (χ4v) is 3.34. The van der Waals surface area contributed by atoms with Crippen molar-refractivity contribution in [1.82, 2.24) is 15.5 Å². The third-order valence-corrected chi connectivity index (χ3v) is 4.94. The number of piperidine rings is 1. The Bertz CT molecular complexity index is 597. The van der Waals surface area contributed by atoms with Gasteiger partial charge in [0, 0.05) is 49.9 Å². The summed E-state index contributed by atoms with van der Waals surface area (Å²) in [6, 6.07) is 7.60. The van der Waals surface area contributed by atoms with E-state index in [1.807, 2.05) is 0 Å². The monoisotopic (exact) mass is 393 g/mol. The smallest absolute Gasteiger partial charge is 0.224 e. The van der Waals surface area contributed by atoms with Gasteiger partial charge in [-0.05, 0) is 56.5 Å². The zero-order valence-electron chi connectivity index (χ0n) is 16.4. The number of rotatable bonds is 8. The number of anilines is 1. The van der Waals surface area contributed by atoms with Crippen LogP contribution in [0.3, 0.4) is 0 Å². The Morgan fingerprint density at radius 1 is 1.26 bits per heavy atom. The lowest BCUT2D eigenvalue weighted by Crippen LogP contribution is -2.48. The Morgan fingerprint density at radius 2 is 1.96 bits per heavy atom. The van der Waals surface area contributed by atoms with E-state index in [-0.39, 0.29) is 5.91 Å². The minimum Gasteiger partial charge on any atom is -0.356 e. The van der Waals surface area contributed by atoms with E-state index in [4.69, 9.17) is 11.6 Å². The summed E-state index contributed by atoms with van der Waals surface area (Å²) in [6.45, 7) is 6.42. The topological polar surface area (TPSA) is 68.8 Å². The Morgan fingerprint density at radius 3 is 2.59 bits per heavy atom. The van der Waals surface area contributed by atoms with Crippen LogP contribution in [0.25, 0.3) is 0 Å². The van der Waals surface area contributed by atoms with E-state index in [9.17, 15) is 4.79 Å². The number of hydrogen-bond donors (Lipinski definition) is 3. The van der Waals surface area contributed by atoms with Crippen molar-refractivity contribution in [3.05, 3.63) is 29.3 Å². The van der Waals surface area contributed by atoms with E-state index in [1.54, 1.807) is 31.3 Å². The molecule has 0 bridgehead atoms. The molecule has 7 heteroatoms. The summed E-state index contributed by atoms with van der Waals surface area (Å²) in [7, 11) is 1.79. The van der Waals surface area contributed by atoms with Crippen LogP contribution in [0.5, 0.6) is 0 Å². The van der Waals surface area contributed by atoms with Crippen LogP contribution in [0, 0.1) is 0 Å². The van der Waals surface area contributed by atoms with Gasteiger partial charge in [-0.25, -0.2) is 0 Å². The molecule has 1 aromatic carbocycles. The van der Waals surface area contributed by atoms with E-state index in [2.05, 4.69) is 32.8 Å². The van der Waals surface area contributed by atoms with E-state index in [0.29, 0.717) is 24.0 Å². The molecule has 1 saturated heterocycles. The van der Waals surface area contributed by atoms with Crippen molar-refractivity contribution in [1.29, 1.82) is 0 Å². The molecular formula is C20H32ClN5O. The summed E-state index contributed by atoms with van der Waals surface area (Å²) in [5.41, 5.74) is 0.768. The fourth-order valence-electron chi connectivity index (χ4n) is 3.22. The van der Waals surface area contributed by atoms with Gasteiger partial charge in [0.15, 0.2) is 5.96 Å². The molecule has 1 heterocycles. The van der Waals surface area contributed by atoms with Gasteiger partial charge in [-0.15, -0.1) is 0 Å². The van der Waals surface area contributed by atoms with Crippen LogP contribution >= 0.6 is 11.6 Å². The van der Waals surface area contributed by atoms with Crippen LogP contribution < -0.4 is 16.0 Å². The maximum atomic E-state index is 12.0. The molecule has 6 nitrogen and oxygen atoms in total. The standard InChI is InChI=1S/C20H32ClN5O/c1-3-13-26-14-10-18(11-15-26)25-20(22-2)23-12-4-5-19(27)24-17-8-6-16(21)7-9-17/h6-9,18H,3-5,10-15H2,1-2H3,(H,24,27)(H2,22,23,25). The lowest BCUT2D eigenvalue weighted by molar-refractivity contribution is -0.116. The highest BCUT2D eigenvalue weighted by atomic mass is 35.5. The summed E-state index contributed by atoms with van der Waals surface area (Å²) in [6.07, 6.45) is 4.71. The first kappa shape index (κ1) is 21.5. The van der Waals surface area contributed by atoms with Gasteiger partial charge in [-0.2, -0.15) is 0 Å². The van der Waals surface area contributed by atoms with Crippen LogP contribution in [-0.4, -0.2) is 56.0 Å². The molecule has 0 aliphatic carbocycles. The predicted molar refractivity (Wildman–Crippen MR) is 114 cm³/mol. The van der Waals surface area contributed by atoms with E-state index in [0.717, 1.165) is 44.0 Å². The largest absolute Gasteiger partial charge is 0.356 e. The molecule has 2 rings (SSSR count). The zero-order chi connectivity index (χ0) is 19.5. The number of benzene rings is 1. The SMILES string of the molecule is CCCN1CCC(NC(=NC)NCCCC(=O)Nc2ccc(Cl)cc2)CC1. The molecule has 0 atom stereocenters. The molecule has 1 fully saturated rings. The molecule has 0 radical (unpaired) electrons. The number of amides is 1. The molecule has 3 N–H and O–H groups in total. The molecule has 1 aromatic rings. The van der Waals surface area contributed by atoms with Crippen LogP contribution in [0.15, 0.2) is 29.3 Å². The second kappa shape index (κ2) is 11.8. The molecule has 1 amide bonds. The number of halogens is 1. The summed E-state index contributed by atoms with van der Waals surface area (Å²) >= 11 is 5.84. The number of nitrogens with zero attached hydrogens (tertiary/aromatic N) is 2. The molecule has 150 valence electrons. The van der Waals surface area contributed by atoms with Crippen LogP contribution in [0.1, 0.15) is 39.0 Å². The average molecular weight is 394 g/mol. The van der Waals surface area contributed by atoms with Crippen molar-refractivity contribution in [2.24, 2.45) is 4.99 Å². The predicted octanol–water partition coefficient (Wildman–Crippen LogP) is 3.10. The van der Waals surface area contributed by atoms with Crippen LogP contribution in [-0.2, 0) is 4.79 Å². The lowest BCUT2D eigenvalue weighted by atomic mass is 10.1. The number of nitrogens with one attached hydrogen (secondary N) is 3. The lowest BCUT2D eigenvalue weighted by Gasteiger charge is -2.32. The number of carbonyl (C=O) groups excluding carboxylic acids is 1. The number of carbonyl (C=O) groups is 1. The van der Waals surface area contributed by atoms with Crippen molar-refractivity contribution in [3.63, 3.8) is 0 Å². The van der Waals surface area contributed by atoms with Crippen LogP contribution in [0.4, 0.5) is 5.69 Å². The first-order valence-corrected chi connectivity index (χ1v) is 10.2. The van der Waals surface area contributed by atoms with Crippen molar-refractivity contribution < 1.29 is 4.79 Å². The molecular weight excluding hydrogens is 362 g/mol. The van der Waals surface area contributed by atoms with Gasteiger partial charge < -0.3 is 20.9 Å². The van der Waals surface area contributed by atoms with Crippen molar-refractivity contribution >= 4 is 29.2 Å². The molecule has 1 aliphatic rings. The van der Waals surface area contributed by atoms with Gasteiger partial charge in [0.05, 0.1) is 0 Å². The second-order valence-electron chi connectivity index (χ2n) is 6.92. The first-order valence-electron chi connectivity index (χ1n) is 9.85. The van der Waals surface area contributed by atoms with Gasteiger partial charge in [0.25, 0.3) is 0 Å². The summed E-state index contributed by atoms with van der Waals surface area (Å²) in [4.78, 5) is 18.8. The van der Waals surface area contributed by atoms with Gasteiger partial charge in [-0.3, -0.25) is 9.79 Å². The minimum absolute atomic E-state index is 0.00497. The van der Waals surface area contributed by atoms with E-state index in [1.165, 1.54) is 13.0 Å². The maximum Gasteiger partial charge on any atom is 0.224 e. The Balaban J connectivity index is 1.60. The Labute approximate surface area is 167 Å². The quantitative estimate of drug-likeness (QED) is 0.360. The van der Waals surface area contributed by atoms with Gasteiger partial charge >= 0.3 is 0 Å². The summed E-state index contributed by atoms with van der Waals surface area (Å²) in [5, 5.41) is 10.3. The molecule has 1 aliphatic heterocycles. The third-order valence-electron chi connectivity index (χ3n) is 4.69. The van der Waals surface area contributed by atoms with E-state index >= 15 is 0 Å². The molecule has 0 saturated carbocycles. The number of aliphatic imine (C=N–C) groups is 1. The van der Waals surface area contributed by atoms with E-state index < -0.39 is 0 Å². The highest BCUT2D eigenvalue weighted by Gasteiger charge is 2.19. The summed E-state index contributed by atoms with van der Waals surface area (Å²) in [5.74, 6) is 0.826. The second-order valence-corrected chi connectivity index (χ2v) is 7.35. The van der Waals surface area contributed by atoms with Crippen LogP contribution in [0.2, 0.25) is 5.02 Å². The number of likely N-dealkylation sites (tertiary alicyclic amines) is 1. The third kappa shape index (κ3) is 8.18. The van der Waals surface area contributed by atoms with Gasteiger partial charge in [-0.1, -0.05) is 18.5 Å². The molecule has 27 heavy (non-hydrogen) atoms. The Hall–Kier alpha value is -1.79.